The maximum Gasteiger partial charge on any atom is 0.338 e. The Kier molecular flexibility index (Phi) is 8.19. The summed E-state index contributed by atoms with van der Waals surface area (Å²) in [7, 11) is 1.59. The third-order valence-electron chi connectivity index (χ3n) is 6.46. The summed E-state index contributed by atoms with van der Waals surface area (Å²) in [5.41, 5.74) is 3.06. The molecular formula is C31H27ClN2O5S. The van der Waals surface area contributed by atoms with E-state index in [1.165, 1.54) is 11.3 Å². The van der Waals surface area contributed by atoms with Crippen molar-refractivity contribution in [1.29, 1.82) is 0 Å². The molecule has 0 radical (unpaired) electrons. The number of carbonyl (C=O) groups is 1. The van der Waals surface area contributed by atoms with Gasteiger partial charge in [0.2, 0.25) is 0 Å². The SMILES string of the molecule is CCOC(=O)C1=C(C)N=c2s/c(=C/c3ccccc3OCc3ccc(Cl)cc3)c(=O)n2C1c1ccc(OC)cc1. The van der Waals surface area contributed by atoms with E-state index in [0.717, 1.165) is 16.7 Å². The summed E-state index contributed by atoms with van der Waals surface area (Å²) >= 11 is 7.26. The number of carbonyl (C=O) groups excluding carboxylic acids is 1. The molecule has 0 N–H and O–H groups in total. The number of halogens is 1. The second-order valence-corrected chi connectivity index (χ2v) is 10.5. The number of fused-ring (bicyclic) bond motifs is 1. The number of para-hydroxylation sites is 1. The van der Waals surface area contributed by atoms with Gasteiger partial charge in [0, 0.05) is 10.6 Å². The second kappa shape index (κ2) is 11.9. The van der Waals surface area contributed by atoms with Gasteiger partial charge in [-0.05, 0) is 61.4 Å². The number of benzene rings is 3. The Balaban J connectivity index is 1.59. The van der Waals surface area contributed by atoms with Crippen molar-refractivity contribution >= 4 is 35.0 Å². The summed E-state index contributed by atoms with van der Waals surface area (Å²) in [5.74, 6) is 0.808. The fraction of sp³-hybridized carbons (Fsp3) is 0.194. The van der Waals surface area contributed by atoms with Crippen LogP contribution in [0.3, 0.4) is 0 Å². The van der Waals surface area contributed by atoms with Crippen molar-refractivity contribution in [3.63, 3.8) is 0 Å². The van der Waals surface area contributed by atoms with Gasteiger partial charge < -0.3 is 14.2 Å². The van der Waals surface area contributed by atoms with Crippen LogP contribution < -0.4 is 24.4 Å². The van der Waals surface area contributed by atoms with Crippen LogP contribution in [-0.4, -0.2) is 24.3 Å². The molecule has 4 aromatic rings. The normalized spacial score (nSPS) is 14.9. The molecule has 1 aliphatic heterocycles. The molecule has 1 unspecified atom stereocenters. The number of methoxy groups -OCH3 is 1. The number of hydrogen-bond donors (Lipinski definition) is 0. The molecule has 0 saturated carbocycles. The van der Waals surface area contributed by atoms with Crippen LogP contribution in [0, 0.1) is 0 Å². The number of allylic oxidation sites excluding steroid dienone is 1. The maximum atomic E-state index is 13.9. The average Bonchev–Trinajstić information content (AvgIpc) is 3.26. The van der Waals surface area contributed by atoms with Crippen LogP contribution in [0.1, 0.15) is 36.6 Å². The van der Waals surface area contributed by atoms with Gasteiger partial charge >= 0.3 is 5.97 Å². The molecule has 0 amide bonds. The summed E-state index contributed by atoms with van der Waals surface area (Å²) in [6.45, 7) is 4.07. The lowest BCUT2D eigenvalue weighted by molar-refractivity contribution is -0.139. The second-order valence-electron chi connectivity index (χ2n) is 9.03. The first kappa shape index (κ1) is 27.4. The van der Waals surface area contributed by atoms with Crippen LogP contribution >= 0.6 is 22.9 Å². The van der Waals surface area contributed by atoms with Crippen molar-refractivity contribution in [3.8, 4) is 11.5 Å². The fourth-order valence-corrected chi connectivity index (χ4v) is 5.67. The van der Waals surface area contributed by atoms with Crippen LogP contribution in [0.25, 0.3) is 6.08 Å². The van der Waals surface area contributed by atoms with Crippen molar-refractivity contribution < 1.29 is 19.0 Å². The van der Waals surface area contributed by atoms with Crippen LogP contribution in [0.5, 0.6) is 11.5 Å². The first-order chi connectivity index (χ1) is 19.4. The number of aromatic nitrogens is 1. The molecule has 1 atom stereocenters. The number of nitrogens with zero attached hydrogens (tertiary/aromatic N) is 2. The van der Waals surface area contributed by atoms with Crippen LogP contribution in [0.15, 0.2) is 93.9 Å². The topological polar surface area (TPSA) is 79.1 Å². The minimum atomic E-state index is -0.695. The highest BCUT2D eigenvalue weighted by Gasteiger charge is 2.33. The molecule has 0 bridgehead atoms. The lowest BCUT2D eigenvalue weighted by Crippen LogP contribution is -2.39. The van der Waals surface area contributed by atoms with Crippen LogP contribution in [0.4, 0.5) is 0 Å². The number of esters is 1. The first-order valence-electron chi connectivity index (χ1n) is 12.7. The predicted octanol–water partition coefficient (Wildman–Crippen LogP) is 5.04. The molecule has 1 aromatic heterocycles. The standard InChI is InChI=1S/C31H27ClN2O5S/c1-4-38-30(36)27-19(2)33-31-34(28(27)21-11-15-24(37-3)16-12-21)29(35)26(40-31)17-22-7-5-6-8-25(22)39-18-20-9-13-23(32)14-10-20/h5-17,28H,4,18H2,1-3H3/b26-17+. The molecule has 0 aliphatic carbocycles. The van der Waals surface area contributed by atoms with Gasteiger partial charge in [0.25, 0.3) is 5.56 Å². The van der Waals surface area contributed by atoms with Crippen LogP contribution in [-0.2, 0) is 16.1 Å². The fourth-order valence-electron chi connectivity index (χ4n) is 4.51. The maximum absolute atomic E-state index is 13.9. The lowest BCUT2D eigenvalue weighted by atomic mass is 9.96. The Morgan fingerprint density at radius 3 is 2.50 bits per heavy atom. The molecule has 0 saturated heterocycles. The molecule has 0 fully saturated rings. The zero-order valence-corrected chi connectivity index (χ0v) is 23.8. The zero-order valence-electron chi connectivity index (χ0n) is 22.2. The van der Waals surface area contributed by atoms with E-state index < -0.39 is 12.0 Å². The molecule has 2 heterocycles. The van der Waals surface area contributed by atoms with E-state index in [0.29, 0.717) is 43.7 Å². The Morgan fingerprint density at radius 2 is 1.80 bits per heavy atom. The van der Waals surface area contributed by atoms with Crippen molar-refractivity contribution in [2.75, 3.05) is 13.7 Å². The molecule has 7 nitrogen and oxygen atoms in total. The Hall–Kier alpha value is -4.14. The molecule has 5 rings (SSSR count). The molecule has 3 aromatic carbocycles. The predicted molar refractivity (Wildman–Crippen MR) is 156 cm³/mol. The Bertz CT molecular complexity index is 1760. The lowest BCUT2D eigenvalue weighted by Gasteiger charge is -2.24. The largest absolute Gasteiger partial charge is 0.497 e. The third-order valence-corrected chi connectivity index (χ3v) is 7.70. The van der Waals surface area contributed by atoms with Gasteiger partial charge in [0.15, 0.2) is 4.80 Å². The van der Waals surface area contributed by atoms with E-state index in [4.69, 9.17) is 25.8 Å². The van der Waals surface area contributed by atoms with Crippen molar-refractivity contribution in [3.05, 3.63) is 125 Å². The van der Waals surface area contributed by atoms with E-state index >= 15 is 0 Å². The van der Waals surface area contributed by atoms with E-state index in [1.807, 2.05) is 60.7 Å². The summed E-state index contributed by atoms with van der Waals surface area (Å²) < 4.78 is 18.8. The minimum absolute atomic E-state index is 0.210. The van der Waals surface area contributed by atoms with E-state index in [-0.39, 0.29) is 12.2 Å². The van der Waals surface area contributed by atoms with Gasteiger partial charge in [-0.3, -0.25) is 9.36 Å². The molecule has 40 heavy (non-hydrogen) atoms. The highest BCUT2D eigenvalue weighted by Crippen LogP contribution is 2.31. The Morgan fingerprint density at radius 1 is 1.07 bits per heavy atom. The number of thiazole rings is 1. The monoisotopic (exact) mass is 574 g/mol. The van der Waals surface area contributed by atoms with Gasteiger partial charge in [0.05, 0.1) is 35.6 Å². The molecule has 1 aliphatic rings. The summed E-state index contributed by atoms with van der Waals surface area (Å²) in [6.07, 6.45) is 1.80. The zero-order chi connectivity index (χ0) is 28.2. The number of ether oxygens (including phenoxy) is 3. The molecular weight excluding hydrogens is 548 g/mol. The van der Waals surface area contributed by atoms with E-state index in [1.54, 1.807) is 43.7 Å². The van der Waals surface area contributed by atoms with Gasteiger partial charge in [0.1, 0.15) is 18.1 Å². The van der Waals surface area contributed by atoms with E-state index in [2.05, 4.69) is 4.99 Å². The summed E-state index contributed by atoms with van der Waals surface area (Å²) in [6, 6.07) is 21.6. The number of hydrogen-bond acceptors (Lipinski definition) is 7. The highest BCUT2D eigenvalue weighted by atomic mass is 35.5. The van der Waals surface area contributed by atoms with Gasteiger partial charge in [-0.15, -0.1) is 0 Å². The van der Waals surface area contributed by atoms with Gasteiger partial charge in [-0.1, -0.05) is 65.4 Å². The first-order valence-corrected chi connectivity index (χ1v) is 13.9. The Labute approximate surface area is 240 Å². The molecule has 204 valence electrons. The third kappa shape index (κ3) is 5.59. The van der Waals surface area contributed by atoms with E-state index in [9.17, 15) is 9.59 Å². The van der Waals surface area contributed by atoms with Gasteiger partial charge in [-0.2, -0.15) is 0 Å². The van der Waals surface area contributed by atoms with Crippen LogP contribution in [0.2, 0.25) is 5.02 Å². The molecule has 0 spiro atoms. The van der Waals surface area contributed by atoms with Gasteiger partial charge in [-0.25, -0.2) is 9.79 Å². The highest BCUT2D eigenvalue weighted by molar-refractivity contribution is 7.07. The quantitative estimate of drug-likeness (QED) is 0.276. The smallest absolute Gasteiger partial charge is 0.338 e. The number of rotatable bonds is 8. The van der Waals surface area contributed by atoms with Crippen molar-refractivity contribution in [2.45, 2.75) is 26.5 Å². The minimum Gasteiger partial charge on any atom is -0.497 e. The average molecular weight is 575 g/mol. The summed E-state index contributed by atoms with van der Waals surface area (Å²) in [5, 5.41) is 0.661. The van der Waals surface area contributed by atoms with Crippen molar-refractivity contribution in [1.82, 2.24) is 4.57 Å². The summed E-state index contributed by atoms with van der Waals surface area (Å²) in [4.78, 5) is 32.1. The molecule has 9 heteroatoms. The van der Waals surface area contributed by atoms with Crippen molar-refractivity contribution in [2.24, 2.45) is 4.99 Å².